The molecule has 72 heavy (non-hydrogen) atoms. The fourth-order valence-corrected chi connectivity index (χ4v) is 12.1. The molecule has 1 heterocycles. The molecule has 0 radical (unpaired) electrons. The Balaban J connectivity index is 1.13. The molecule has 354 valence electrons. The van der Waals surface area contributed by atoms with E-state index in [4.69, 9.17) is 4.42 Å². The molecule has 0 saturated carbocycles. The van der Waals surface area contributed by atoms with Crippen LogP contribution in [0.2, 0.25) is 0 Å². The lowest BCUT2D eigenvalue weighted by Crippen LogP contribution is -2.46. The second-order valence-corrected chi connectivity index (χ2v) is 23.1. The Morgan fingerprint density at radius 1 is 0.431 bits per heavy atom. The van der Waals surface area contributed by atoms with E-state index < -0.39 is 5.41 Å². The predicted molar refractivity (Wildman–Crippen MR) is 307 cm³/mol. The third-order valence-electron chi connectivity index (χ3n) is 16.1. The highest BCUT2D eigenvalue weighted by Crippen LogP contribution is 2.53. The molecule has 2 unspecified atom stereocenters. The first-order valence-electron chi connectivity index (χ1n) is 25.8. The topological polar surface area (TPSA) is 16.4 Å². The van der Waals surface area contributed by atoms with Crippen LogP contribution in [0, 0.1) is 0 Å². The Kier molecular flexibility index (Phi) is 10.5. The SMILES string of the molecule is CC(C)(C)c1cc(-c2cccc3cccc(-c4ccccc4N(c4ccccc4-c4ccc5c(c4)C(C)(C)c4ccccc4-5)C4C=CC=CC4(C)c4cccc5oc6ccccc6c45)c23)cc(C(C)(C)C)c1. The normalized spacial score (nSPS) is 17.2. The second kappa shape index (κ2) is 16.7. The number of fused-ring (bicyclic) bond motifs is 7. The minimum atomic E-state index is -0.524. The van der Waals surface area contributed by atoms with Gasteiger partial charge < -0.3 is 9.32 Å². The van der Waals surface area contributed by atoms with E-state index in [0.717, 1.165) is 33.3 Å². The molecule has 0 N–H and O–H groups in total. The molecule has 2 aliphatic carbocycles. The van der Waals surface area contributed by atoms with E-state index in [1.165, 1.54) is 83.1 Å². The van der Waals surface area contributed by atoms with E-state index in [1.54, 1.807) is 0 Å². The van der Waals surface area contributed by atoms with Crippen LogP contribution in [0.4, 0.5) is 11.4 Å². The monoisotopic (exact) mass is 933 g/mol. The van der Waals surface area contributed by atoms with Crippen LogP contribution in [0.5, 0.6) is 0 Å². The van der Waals surface area contributed by atoms with Crippen LogP contribution in [0.3, 0.4) is 0 Å². The van der Waals surface area contributed by atoms with Crippen molar-refractivity contribution in [2.45, 2.75) is 90.0 Å². The number of anilines is 2. The van der Waals surface area contributed by atoms with E-state index in [2.05, 4.69) is 280 Å². The van der Waals surface area contributed by atoms with Crippen molar-refractivity contribution in [2.24, 2.45) is 0 Å². The van der Waals surface area contributed by atoms with Crippen LogP contribution in [-0.2, 0) is 21.7 Å². The minimum Gasteiger partial charge on any atom is -0.456 e. The summed E-state index contributed by atoms with van der Waals surface area (Å²) < 4.78 is 6.61. The molecule has 0 aliphatic heterocycles. The smallest absolute Gasteiger partial charge is 0.135 e. The van der Waals surface area contributed by atoms with Gasteiger partial charge in [-0.15, -0.1) is 0 Å². The third-order valence-corrected chi connectivity index (χ3v) is 16.1. The van der Waals surface area contributed by atoms with Crippen molar-refractivity contribution in [1.82, 2.24) is 0 Å². The van der Waals surface area contributed by atoms with Crippen molar-refractivity contribution in [2.75, 3.05) is 4.90 Å². The molecule has 12 rings (SSSR count). The van der Waals surface area contributed by atoms with Crippen molar-refractivity contribution < 1.29 is 4.42 Å². The highest BCUT2D eigenvalue weighted by atomic mass is 16.3. The summed E-state index contributed by atoms with van der Waals surface area (Å²) in [6.07, 6.45) is 9.34. The van der Waals surface area contributed by atoms with Crippen LogP contribution in [-0.4, -0.2) is 6.04 Å². The summed E-state index contributed by atoms with van der Waals surface area (Å²) in [5, 5.41) is 4.76. The number of hydrogen-bond donors (Lipinski definition) is 0. The zero-order valence-corrected chi connectivity index (χ0v) is 43.1. The van der Waals surface area contributed by atoms with Gasteiger partial charge in [-0.2, -0.15) is 0 Å². The van der Waals surface area contributed by atoms with Gasteiger partial charge in [0, 0.05) is 44.1 Å². The van der Waals surface area contributed by atoms with Gasteiger partial charge in [0.25, 0.3) is 0 Å². The second-order valence-electron chi connectivity index (χ2n) is 23.1. The Bertz CT molecular complexity index is 3800. The summed E-state index contributed by atoms with van der Waals surface area (Å²) in [5.74, 6) is 0. The third kappa shape index (κ3) is 7.29. The molecule has 2 aliphatic rings. The number of para-hydroxylation sites is 3. The molecule has 0 saturated heterocycles. The number of benzene rings is 9. The summed E-state index contributed by atoms with van der Waals surface area (Å²) >= 11 is 0. The van der Waals surface area contributed by atoms with E-state index in [-0.39, 0.29) is 22.3 Å². The maximum Gasteiger partial charge on any atom is 0.135 e. The van der Waals surface area contributed by atoms with Crippen molar-refractivity contribution >= 4 is 44.1 Å². The number of rotatable bonds is 7. The molecule has 2 nitrogen and oxygen atoms in total. The number of allylic oxidation sites excluding steroid dienone is 2. The highest BCUT2D eigenvalue weighted by Gasteiger charge is 2.42. The van der Waals surface area contributed by atoms with Gasteiger partial charge in [0.2, 0.25) is 0 Å². The lowest BCUT2D eigenvalue weighted by atomic mass is 9.71. The molecule has 1 aromatic heterocycles. The van der Waals surface area contributed by atoms with E-state index in [1.807, 2.05) is 0 Å². The van der Waals surface area contributed by atoms with Gasteiger partial charge in [-0.3, -0.25) is 0 Å². The van der Waals surface area contributed by atoms with Crippen LogP contribution in [0.15, 0.2) is 217 Å². The zero-order chi connectivity index (χ0) is 49.7. The molecule has 2 atom stereocenters. The van der Waals surface area contributed by atoms with Gasteiger partial charge in [0.05, 0.1) is 6.04 Å². The molecule has 9 aromatic carbocycles. The largest absolute Gasteiger partial charge is 0.456 e. The number of nitrogens with zero attached hydrogens (tertiary/aromatic N) is 1. The van der Waals surface area contributed by atoms with Crippen LogP contribution in [0.25, 0.3) is 77.2 Å². The molecule has 10 aromatic rings. The first-order chi connectivity index (χ1) is 34.6. The van der Waals surface area contributed by atoms with Gasteiger partial charge in [-0.1, -0.05) is 237 Å². The molecule has 0 amide bonds. The number of furan rings is 1. The van der Waals surface area contributed by atoms with Crippen LogP contribution in [0.1, 0.15) is 90.1 Å². The molecule has 2 heteroatoms. The molecule has 0 fully saturated rings. The Morgan fingerprint density at radius 3 is 1.74 bits per heavy atom. The average molecular weight is 934 g/mol. The van der Waals surface area contributed by atoms with Gasteiger partial charge in [-0.05, 0) is 120 Å². The number of hydrogen-bond acceptors (Lipinski definition) is 2. The van der Waals surface area contributed by atoms with Gasteiger partial charge in [0.1, 0.15) is 11.2 Å². The maximum absolute atomic E-state index is 6.61. The molecular weight excluding hydrogens is 871 g/mol. The fourth-order valence-electron chi connectivity index (χ4n) is 12.1. The van der Waals surface area contributed by atoms with E-state index in [9.17, 15) is 0 Å². The first kappa shape index (κ1) is 45.5. The Hall–Kier alpha value is -7.68. The van der Waals surface area contributed by atoms with Crippen LogP contribution >= 0.6 is 0 Å². The van der Waals surface area contributed by atoms with Gasteiger partial charge in [0.15, 0.2) is 0 Å². The van der Waals surface area contributed by atoms with Crippen molar-refractivity contribution in [3.63, 3.8) is 0 Å². The van der Waals surface area contributed by atoms with E-state index >= 15 is 0 Å². The standard InChI is InChI=1S/C70H63NO/c1-67(2,3)48-41-47(42-49(44-48)68(4,5)6)51-29-20-23-45-24-21-30-55(65(45)51)54-27-12-16-34-61(54)71(64-37-18-19-40-70(64,9)58-32-22-36-63-66(58)56-28-13-17-35-62(56)72-63)60-33-15-11-25-50(60)46-38-39-53-52-26-10-14-31-57(52)69(7,8)59(53)43-46/h10-44,64H,1-9H3. The van der Waals surface area contributed by atoms with Crippen molar-refractivity contribution in [3.8, 4) is 44.5 Å². The highest BCUT2D eigenvalue weighted by molar-refractivity contribution is 6.10. The van der Waals surface area contributed by atoms with Gasteiger partial charge >= 0.3 is 0 Å². The van der Waals surface area contributed by atoms with Crippen LogP contribution < -0.4 is 4.90 Å². The Morgan fingerprint density at radius 2 is 1.00 bits per heavy atom. The molecule has 0 bridgehead atoms. The quantitative estimate of drug-likeness (QED) is 0.158. The Labute approximate surface area is 426 Å². The first-order valence-corrected chi connectivity index (χ1v) is 25.8. The average Bonchev–Trinajstić information content (AvgIpc) is 3.88. The van der Waals surface area contributed by atoms with Crippen molar-refractivity contribution in [1.29, 1.82) is 0 Å². The van der Waals surface area contributed by atoms with Gasteiger partial charge in [-0.25, -0.2) is 0 Å². The summed E-state index contributed by atoms with van der Waals surface area (Å²) in [7, 11) is 0. The van der Waals surface area contributed by atoms with E-state index in [0.29, 0.717) is 0 Å². The predicted octanol–water partition coefficient (Wildman–Crippen LogP) is 19.2. The summed E-state index contributed by atoms with van der Waals surface area (Å²) in [4.78, 5) is 2.66. The summed E-state index contributed by atoms with van der Waals surface area (Å²) in [5.41, 5.74) is 20.0. The zero-order valence-electron chi connectivity index (χ0n) is 43.1. The summed E-state index contributed by atoms with van der Waals surface area (Å²) in [6.45, 7) is 21.2. The summed E-state index contributed by atoms with van der Waals surface area (Å²) in [6, 6.07) is 70.3. The van der Waals surface area contributed by atoms with Crippen molar-refractivity contribution in [3.05, 3.63) is 240 Å². The fraction of sp³-hybridized carbons (Fsp3) is 0.200. The minimum absolute atomic E-state index is 0.0236. The molecule has 0 spiro atoms. The molecular formula is C70H63NO. The lowest BCUT2D eigenvalue weighted by Gasteiger charge is -2.45. The lowest BCUT2D eigenvalue weighted by molar-refractivity contribution is 0.515. The maximum atomic E-state index is 6.61.